The molecule has 8 aromatic rings. The first-order chi connectivity index (χ1) is 22.7. The highest BCUT2D eigenvalue weighted by Gasteiger charge is 2.52. The SMILES string of the molecule is O=c1c2ccccc2c2cc(-c3ccc4c(c3)C3(C5=C4CCC=C5)c4ccccc4-c4ccccc43)cc3c4ccccc4n1c23. The number of hydrogen-bond donors (Lipinski definition) is 0. The van der Waals surface area contributed by atoms with Gasteiger partial charge in [-0.15, -0.1) is 0 Å². The molecular formula is C44H27NO. The molecule has 0 atom stereocenters. The van der Waals surface area contributed by atoms with Crippen molar-refractivity contribution in [2.24, 2.45) is 0 Å². The van der Waals surface area contributed by atoms with E-state index >= 15 is 0 Å². The van der Waals surface area contributed by atoms with Gasteiger partial charge in [-0.05, 0) is 104 Å². The number of benzene rings is 6. The van der Waals surface area contributed by atoms with Gasteiger partial charge in [-0.2, -0.15) is 0 Å². The van der Waals surface area contributed by atoms with E-state index in [0.29, 0.717) is 0 Å². The maximum atomic E-state index is 13.9. The third-order valence-corrected chi connectivity index (χ3v) is 11.0. The molecule has 0 fully saturated rings. The van der Waals surface area contributed by atoms with E-state index in [-0.39, 0.29) is 11.0 Å². The molecule has 0 N–H and O–H groups in total. The fourth-order valence-electron chi connectivity index (χ4n) is 9.26. The smallest absolute Gasteiger partial charge is 0.263 e. The Kier molecular flexibility index (Phi) is 4.54. The topological polar surface area (TPSA) is 21.5 Å². The quantitative estimate of drug-likeness (QED) is 0.176. The highest BCUT2D eigenvalue weighted by Crippen LogP contribution is 2.63. The van der Waals surface area contributed by atoms with Crippen molar-refractivity contribution in [3.05, 3.63) is 178 Å². The predicted molar refractivity (Wildman–Crippen MR) is 190 cm³/mol. The van der Waals surface area contributed by atoms with Crippen molar-refractivity contribution < 1.29 is 0 Å². The monoisotopic (exact) mass is 585 g/mol. The molecule has 3 aliphatic rings. The molecule has 0 bridgehead atoms. The van der Waals surface area contributed by atoms with Gasteiger partial charge in [0.15, 0.2) is 0 Å². The molecule has 0 saturated heterocycles. The molecule has 2 nitrogen and oxygen atoms in total. The summed E-state index contributed by atoms with van der Waals surface area (Å²) in [6.45, 7) is 0. The van der Waals surface area contributed by atoms with Gasteiger partial charge in [0.1, 0.15) is 0 Å². The summed E-state index contributed by atoms with van der Waals surface area (Å²) in [5.41, 5.74) is 15.2. The van der Waals surface area contributed by atoms with Crippen LogP contribution >= 0.6 is 0 Å². The van der Waals surface area contributed by atoms with Crippen LogP contribution in [-0.2, 0) is 5.41 Å². The Bertz CT molecular complexity index is 2730. The molecule has 6 aromatic carbocycles. The van der Waals surface area contributed by atoms with Crippen LogP contribution in [0.3, 0.4) is 0 Å². The largest absolute Gasteiger partial charge is 0.275 e. The minimum atomic E-state index is -0.335. The zero-order chi connectivity index (χ0) is 30.1. The number of aromatic nitrogens is 1. The van der Waals surface area contributed by atoms with Crippen molar-refractivity contribution in [3.63, 3.8) is 0 Å². The number of pyridine rings is 1. The van der Waals surface area contributed by atoms with Gasteiger partial charge in [0, 0.05) is 21.5 Å². The average Bonchev–Trinajstić information content (AvgIpc) is 3.73. The van der Waals surface area contributed by atoms with Crippen LogP contribution in [-0.4, -0.2) is 4.40 Å². The van der Waals surface area contributed by atoms with Crippen molar-refractivity contribution in [1.82, 2.24) is 4.40 Å². The minimum absolute atomic E-state index is 0.0461. The van der Waals surface area contributed by atoms with Crippen molar-refractivity contribution in [2.45, 2.75) is 18.3 Å². The Morgan fingerprint density at radius 2 is 1.20 bits per heavy atom. The summed E-state index contributed by atoms with van der Waals surface area (Å²) in [7, 11) is 0. The second-order valence-corrected chi connectivity index (χ2v) is 13.1. The fourth-order valence-corrected chi connectivity index (χ4v) is 9.26. The van der Waals surface area contributed by atoms with E-state index in [4.69, 9.17) is 0 Å². The van der Waals surface area contributed by atoms with Gasteiger partial charge in [-0.1, -0.05) is 109 Å². The van der Waals surface area contributed by atoms with E-state index in [9.17, 15) is 4.79 Å². The van der Waals surface area contributed by atoms with E-state index in [0.717, 1.165) is 50.8 Å². The van der Waals surface area contributed by atoms with Gasteiger partial charge < -0.3 is 0 Å². The number of allylic oxidation sites excluding steroid dienone is 4. The molecule has 3 aliphatic carbocycles. The number of hydrogen-bond acceptors (Lipinski definition) is 1. The van der Waals surface area contributed by atoms with Crippen LogP contribution in [0.5, 0.6) is 0 Å². The van der Waals surface area contributed by atoms with E-state index in [1.54, 1.807) is 0 Å². The Morgan fingerprint density at radius 3 is 1.98 bits per heavy atom. The normalized spacial score (nSPS) is 15.7. The first-order valence-electron chi connectivity index (χ1n) is 16.2. The summed E-state index contributed by atoms with van der Waals surface area (Å²) < 4.78 is 1.93. The first kappa shape index (κ1) is 24.6. The van der Waals surface area contributed by atoms with Crippen LogP contribution in [0, 0.1) is 0 Å². The van der Waals surface area contributed by atoms with Crippen molar-refractivity contribution in [2.75, 3.05) is 0 Å². The molecule has 214 valence electrons. The molecule has 0 radical (unpaired) electrons. The van der Waals surface area contributed by atoms with E-state index in [1.165, 1.54) is 55.7 Å². The van der Waals surface area contributed by atoms with Crippen LogP contribution in [0.4, 0.5) is 0 Å². The zero-order valence-electron chi connectivity index (χ0n) is 25.0. The van der Waals surface area contributed by atoms with E-state index in [2.05, 4.69) is 115 Å². The maximum absolute atomic E-state index is 13.9. The summed E-state index contributed by atoms with van der Waals surface area (Å²) in [5, 5.41) is 5.11. The molecule has 1 spiro atoms. The van der Waals surface area contributed by atoms with Crippen LogP contribution in [0.2, 0.25) is 0 Å². The third-order valence-electron chi connectivity index (χ3n) is 11.0. The van der Waals surface area contributed by atoms with Gasteiger partial charge in [0.25, 0.3) is 5.56 Å². The average molecular weight is 586 g/mol. The second kappa shape index (κ2) is 8.50. The van der Waals surface area contributed by atoms with Crippen LogP contribution in [0.15, 0.2) is 150 Å². The molecule has 11 rings (SSSR count). The van der Waals surface area contributed by atoms with Crippen molar-refractivity contribution in [3.8, 4) is 22.3 Å². The summed E-state index contributed by atoms with van der Waals surface area (Å²) in [4.78, 5) is 13.9. The molecule has 46 heavy (non-hydrogen) atoms. The highest BCUT2D eigenvalue weighted by molar-refractivity contribution is 6.21. The van der Waals surface area contributed by atoms with Gasteiger partial charge in [0.05, 0.1) is 16.4 Å². The lowest BCUT2D eigenvalue weighted by atomic mass is 9.69. The predicted octanol–water partition coefficient (Wildman–Crippen LogP) is 10.3. The standard InChI is InChI=1S/C44H27NO/c46-43-34-16-2-1-11-28(34)35-23-27(24-36-33-15-6-10-20-41(33)45(43)42(35)36)26-21-22-32-31-14-5-9-19-39(31)44(40(32)25-26)37-17-7-3-12-29(37)30-13-4-8-18-38(30)44/h1-4,6-13,15-25H,5,14H2. The fraction of sp³-hybridized carbons (Fsp3) is 0.0682. The van der Waals surface area contributed by atoms with Gasteiger partial charge >= 0.3 is 0 Å². The van der Waals surface area contributed by atoms with Crippen molar-refractivity contribution in [1.29, 1.82) is 0 Å². The maximum Gasteiger partial charge on any atom is 0.263 e. The van der Waals surface area contributed by atoms with E-state index < -0.39 is 0 Å². The van der Waals surface area contributed by atoms with Crippen LogP contribution in [0.25, 0.3) is 65.8 Å². The second-order valence-electron chi connectivity index (χ2n) is 13.1. The summed E-state index contributed by atoms with van der Waals surface area (Å²) in [6.07, 6.45) is 6.91. The Balaban J connectivity index is 1.25. The molecule has 0 saturated carbocycles. The van der Waals surface area contributed by atoms with Gasteiger partial charge in [-0.25, -0.2) is 0 Å². The molecule has 2 heterocycles. The molecule has 2 heteroatoms. The van der Waals surface area contributed by atoms with Crippen LogP contribution in [0.1, 0.15) is 35.1 Å². The molecule has 2 aromatic heterocycles. The number of rotatable bonds is 1. The number of para-hydroxylation sites is 1. The van der Waals surface area contributed by atoms with Crippen molar-refractivity contribution >= 4 is 43.5 Å². The molecular weight excluding hydrogens is 558 g/mol. The van der Waals surface area contributed by atoms with Crippen LogP contribution < -0.4 is 5.56 Å². The summed E-state index contributed by atoms with van der Waals surface area (Å²) >= 11 is 0. The lowest BCUT2D eigenvalue weighted by Crippen LogP contribution is -2.27. The van der Waals surface area contributed by atoms with Gasteiger partial charge in [-0.3, -0.25) is 9.20 Å². The third kappa shape index (κ3) is 2.78. The Morgan fingerprint density at radius 1 is 0.543 bits per heavy atom. The summed E-state index contributed by atoms with van der Waals surface area (Å²) in [5.74, 6) is 0. The molecule has 0 unspecified atom stereocenters. The minimum Gasteiger partial charge on any atom is -0.275 e. The lowest BCUT2D eigenvalue weighted by Gasteiger charge is -2.32. The zero-order valence-corrected chi connectivity index (χ0v) is 25.0. The molecule has 0 amide bonds. The van der Waals surface area contributed by atoms with Gasteiger partial charge in [0.2, 0.25) is 0 Å². The van der Waals surface area contributed by atoms with E-state index in [1.807, 2.05) is 28.7 Å². The first-order valence-corrected chi connectivity index (χ1v) is 16.2. The Labute approximate surface area is 265 Å². The summed E-state index contributed by atoms with van der Waals surface area (Å²) in [6, 6.07) is 46.3. The number of nitrogens with zero attached hydrogens (tertiary/aromatic N) is 1. The number of fused-ring (bicyclic) bond motifs is 14. The lowest BCUT2D eigenvalue weighted by molar-refractivity contribution is 0.781. The Hall–Kier alpha value is -5.73. The molecule has 0 aliphatic heterocycles. The highest BCUT2D eigenvalue weighted by atomic mass is 16.1.